The molecule has 1 unspecified atom stereocenters. The lowest BCUT2D eigenvalue weighted by Gasteiger charge is -2.39. The third-order valence-electron chi connectivity index (χ3n) is 4.20. The van der Waals surface area contributed by atoms with Gasteiger partial charge in [-0.15, -0.1) is 0 Å². The maximum atomic E-state index is 3.62. The van der Waals surface area contributed by atoms with Crippen molar-refractivity contribution in [2.75, 3.05) is 18.0 Å². The normalized spacial score (nSPS) is 23.8. The second-order valence-electron chi connectivity index (χ2n) is 6.30. The van der Waals surface area contributed by atoms with Crippen molar-refractivity contribution < 1.29 is 0 Å². The smallest absolute Gasteiger partial charge is 0.0470 e. The summed E-state index contributed by atoms with van der Waals surface area (Å²) in [4.78, 5) is 2.55. The molecule has 0 radical (unpaired) electrons. The van der Waals surface area contributed by atoms with Crippen LogP contribution in [0.15, 0.2) is 18.2 Å². The van der Waals surface area contributed by atoms with Crippen molar-refractivity contribution in [3.63, 3.8) is 0 Å². The van der Waals surface area contributed by atoms with Crippen LogP contribution in [0.4, 0.5) is 5.69 Å². The first-order chi connectivity index (χ1) is 8.40. The summed E-state index contributed by atoms with van der Waals surface area (Å²) in [6.07, 6.45) is 1.20. The Morgan fingerprint density at radius 1 is 1.22 bits per heavy atom. The standard InChI is InChI=1S/C16H26N2/c1-12-6-7-15(10-13(12)2)18-9-8-14(3)17-11-16(18,4)5/h6-7,10,14,17H,8-9,11H2,1-5H3. The molecule has 1 N–H and O–H groups in total. The first kappa shape index (κ1) is 13.4. The average molecular weight is 246 g/mol. The molecule has 0 aliphatic carbocycles. The highest BCUT2D eigenvalue weighted by atomic mass is 15.2. The predicted octanol–water partition coefficient (Wildman–Crippen LogP) is 3.27. The summed E-state index contributed by atoms with van der Waals surface area (Å²) in [7, 11) is 0. The summed E-state index contributed by atoms with van der Waals surface area (Å²) in [5.74, 6) is 0. The zero-order chi connectivity index (χ0) is 13.3. The molecule has 1 aromatic carbocycles. The minimum Gasteiger partial charge on any atom is -0.365 e. The Bertz CT molecular complexity index is 423. The molecule has 2 rings (SSSR count). The van der Waals surface area contributed by atoms with Crippen LogP contribution < -0.4 is 10.2 Å². The van der Waals surface area contributed by atoms with Gasteiger partial charge in [0.15, 0.2) is 0 Å². The van der Waals surface area contributed by atoms with Crippen LogP contribution in [0.3, 0.4) is 0 Å². The van der Waals surface area contributed by atoms with Gasteiger partial charge >= 0.3 is 0 Å². The van der Waals surface area contributed by atoms with Gasteiger partial charge in [0.25, 0.3) is 0 Å². The second-order valence-corrected chi connectivity index (χ2v) is 6.30. The van der Waals surface area contributed by atoms with E-state index < -0.39 is 0 Å². The van der Waals surface area contributed by atoms with E-state index in [1.54, 1.807) is 0 Å². The molecule has 0 aromatic heterocycles. The zero-order valence-electron chi connectivity index (χ0n) is 12.4. The van der Waals surface area contributed by atoms with Crippen molar-refractivity contribution in [3.05, 3.63) is 29.3 Å². The number of rotatable bonds is 1. The zero-order valence-corrected chi connectivity index (χ0v) is 12.4. The third kappa shape index (κ3) is 2.69. The molecule has 1 aliphatic rings. The maximum Gasteiger partial charge on any atom is 0.0470 e. The number of hydrogen-bond donors (Lipinski definition) is 1. The van der Waals surface area contributed by atoms with Crippen LogP contribution in [-0.2, 0) is 0 Å². The number of anilines is 1. The van der Waals surface area contributed by atoms with Crippen LogP contribution in [0.1, 0.15) is 38.3 Å². The van der Waals surface area contributed by atoms with E-state index in [9.17, 15) is 0 Å². The first-order valence-electron chi connectivity index (χ1n) is 6.98. The summed E-state index contributed by atoms with van der Waals surface area (Å²) in [6.45, 7) is 13.5. The van der Waals surface area contributed by atoms with Gasteiger partial charge in [0, 0.05) is 30.4 Å². The Kier molecular flexibility index (Phi) is 3.67. The van der Waals surface area contributed by atoms with Crippen LogP contribution in [0.2, 0.25) is 0 Å². The Morgan fingerprint density at radius 3 is 2.61 bits per heavy atom. The number of nitrogens with one attached hydrogen (secondary N) is 1. The van der Waals surface area contributed by atoms with Crippen LogP contribution in [-0.4, -0.2) is 24.7 Å². The van der Waals surface area contributed by atoms with E-state index in [-0.39, 0.29) is 5.54 Å². The average Bonchev–Trinajstić information content (AvgIpc) is 2.43. The molecule has 1 atom stereocenters. The van der Waals surface area contributed by atoms with Gasteiger partial charge in [-0.25, -0.2) is 0 Å². The Balaban J connectivity index is 2.31. The van der Waals surface area contributed by atoms with Gasteiger partial charge in [-0.1, -0.05) is 6.07 Å². The molecule has 0 spiro atoms. The van der Waals surface area contributed by atoms with Crippen molar-refractivity contribution >= 4 is 5.69 Å². The molecule has 1 saturated heterocycles. The van der Waals surface area contributed by atoms with E-state index in [2.05, 4.69) is 63.0 Å². The quantitative estimate of drug-likeness (QED) is 0.818. The van der Waals surface area contributed by atoms with Crippen LogP contribution in [0, 0.1) is 13.8 Å². The molecular formula is C16H26N2. The number of benzene rings is 1. The van der Waals surface area contributed by atoms with E-state index in [1.807, 2.05) is 0 Å². The van der Waals surface area contributed by atoms with Crippen molar-refractivity contribution in [1.29, 1.82) is 0 Å². The molecule has 0 amide bonds. The molecule has 1 heterocycles. The van der Waals surface area contributed by atoms with Crippen LogP contribution >= 0.6 is 0 Å². The van der Waals surface area contributed by atoms with Gasteiger partial charge in [0.1, 0.15) is 0 Å². The SMILES string of the molecule is Cc1ccc(N2CCC(C)NCC2(C)C)cc1C. The highest BCUT2D eigenvalue weighted by Gasteiger charge is 2.30. The van der Waals surface area contributed by atoms with Gasteiger partial charge in [-0.3, -0.25) is 0 Å². The molecule has 1 fully saturated rings. The number of nitrogens with zero attached hydrogens (tertiary/aromatic N) is 1. The van der Waals surface area contributed by atoms with Gasteiger partial charge in [0.2, 0.25) is 0 Å². The Hall–Kier alpha value is -1.02. The minimum atomic E-state index is 0.173. The van der Waals surface area contributed by atoms with Crippen LogP contribution in [0.5, 0.6) is 0 Å². The fraction of sp³-hybridized carbons (Fsp3) is 0.625. The molecule has 2 nitrogen and oxygen atoms in total. The summed E-state index contributed by atoms with van der Waals surface area (Å²) in [5, 5.41) is 3.62. The van der Waals surface area contributed by atoms with E-state index in [0.717, 1.165) is 13.1 Å². The van der Waals surface area contributed by atoms with Gasteiger partial charge < -0.3 is 10.2 Å². The highest BCUT2D eigenvalue weighted by molar-refractivity contribution is 5.53. The fourth-order valence-electron chi connectivity index (χ4n) is 2.62. The van der Waals surface area contributed by atoms with Gasteiger partial charge in [-0.2, -0.15) is 0 Å². The Labute approximate surface area is 111 Å². The minimum absolute atomic E-state index is 0.173. The number of hydrogen-bond acceptors (Lipinski definition) is 2. The Morgan fingerprint density at radius 2 is 1.94 bits per heavy atom. The van der Waals surface area contributed by atoms with Crippen molar-refractivity contribution in [3.8, 4) is 0 Å². The monoisotopic (exact) mass is 246 g/mol. The summed E-state index contributed by atoms with van der Waals surface area (Å²) < 4.78 is 0. The highest BCUT2D eigenvalue weighted by Crippen LogP contribution is 2.28. The van der Waals surface area contributed by atoms with Crippen molar-refractivity contribution in [2.45, 2.75) is 52.6 Å². The van der Waals surface area contributed by atoms with Crippen molar-refractivity contribution in [1.82, 2.24) is 5.32 Å². The molecule has 0 saturated carbocycles. The fourth-order valence-corrected chi connectivity index (χ4v) is 2.62. The molecule has 2 heteroatoms. The summed E-state index contributed by atoms with van der Waals surface area (Å²) >= 11 is 0. The van der Waals surface area contributed by atoms with E-state index in [1.165, 1.54) is 23.2 Å². The molecular weight excluding hydrogens is 220 g/mol. The topological polar surface area (TPSA) is 15.3 Å². The first-order valence-corrected chi connectivity index (χ1v) is 6.98. The molecule has 0 bridgehead atoms. The lowest BCUT2D eigenvalue weighted by atomic mass is 10.0. The lowest BCUT2D eigenvalue weighted by molar-refractivity contribution is 0.447. The van der Waals surface area contributed by atoms with Gasteiger partial charge in [-0.05, 0) is 64.3 Å². The summed E-state index contributed by atoms with van der Waals surface area (Å²) in [5.41, 5.74) is 4.29. The lowest BCUT2D eigenvalue weighted by Crippen LogP contribution is -2.49. The molecule has 18 heavy (non-hydrogen) atoms. The largest absolute Gasteiger partial charge is 0.365 e. The van der Waals surface area contributed by atoms with Crippen molar-refractivity contribution in [2.24, 2.45) is 0 Å². The predicted molar refractivity (Wildman–Crippen MR) is 79.4 cm³/mol. The van der Waals surface area contributed by atoms with Crippen LogP contribution in [0.25, 0.3) is 0 Å². The van der Waals surface area contributed by atoms with E-state index >= 15 is 0 Å². The molecule has 1 aliphatic heterocycles. The molecule has 100 valence electrons. The second kappa shape index (κ2) is 4.93. The van der Waals surface area contributed by atoms with E-state index in [0.29, 0.717) is 6.04 Å². The maximum absolute atomic E-state index is 3.62. The summed E-state index contributed by atoms with van der Waals surface area (Å²) in [6, 6.07) is 7.44. The number of aryl methyl sites for hydroxylation is 2. The van der Waals surface area contributed by atoms with E-state index in [4.69, 9.17) is 0 Å². The van der Waals surface area contributed by atoms with Gasteiger partial charge in [0.05, 0.1) is 0 Å². The third-order valence-corrected chi connectivity index (χ3v) is 4.20. The molecule has 1 aromatic rings.